The summed E-state index contributed by atoms with van der Waals surface area (Å²) in [4.78, 5) is 9.90. The molecule has 27 heavy (non-hydrogen) atoms. The summed E-state index contributed by atoms with van der Waals surface area (Å²) in [5, 5.41) is 7.07. The maximum atomic E-state index is 5.43. The Morgan fingerprint density at radius 1 is 1.19 bits per heavy atom. The minimum atomic E-state index is 0.524. The second kappa shape index (κ2) is 13.3. The molecule has 0 aromatic heterocycles. The molecule has 7 heteroatoms. The van der Waals surface area contributed by atoms with E-state index in [1.807, 2.05) is 0 Å². The second-order valence-electron chi connectivity index (χ2n) is 7.84. The molecular formula is C20H41N5O2. The van der Waals surface area contributed by atoms with E-state index in [4.69, 9.17) is 14.5 Å². The molecule has 2 heterocycles. The van der Waals surface area contributed by atoms with Crippen LogP contribution in [0.2, 0.25) is 0 Å². The van der Waals surface area contributed by atoms with Crippen LogP contribution in [0.3, 0.4) is 0 Å². The summed E-state index contributed by atoms with van der Waals surface area (Å²) in [5.74, 6) is 1.53. The van der Waals surface area contributed by atoms with Crippen LogP contribution in [0, 0.1) is 5.92 Å². The van der Waals surface area contributed by atoms with Crippen LogP contribution in [0.15, 0.2) is 4.99 Å². The molecule has 2 saturated heterocycles. The van der Waals surface area contributed by atoms with E-state index < -0.39 is 0 Å². The molecule has 0 amide bonds. The third-order valence-corrected chi connectivity index (χ3v) is 5.33. The van der Waals surface area contributed by atoms with Crippen molar-refractivity contribution in [1.29, 1.82) is 0 Å². The average Bonchev–Trinajstić information content (AvgIpc) is 2.69. The predicted octanol–water partition coefficient (Wildman–Crippen LogP) is 1.01. The lowest BCUT2D eigenvalue weighted by molar-refractivity contribution is 0.0323. The van der Waals surface area contributed by atoms with E-state index >= 15 is 0 Å². The Morgan fingerprint density at radius 3 is 2.59 bits per heavy atom. The first-order valence-electron chi connectivity index (χ1n) is 10.8. The van der Waals surface area contributed by atoms with Crippen LogP contribution in [0.25, 0.3) is 0 Å². The van der Waals surface area contributed by atoms with Gasteiger partial charge in [-0.15, -0.1) is 0 Å². The lowest BCUT2D eigenvalue weighted by atomic mass is 10.1. The number of nitrogens with zero attached hydrogens (tertiary/aromatic N) is 3. The normalized spacial score (nSPS) is 22.0. The van der Waals surface area contributed by atoms with Crippen molar-refractivity contribution in [3.63, 3.8) is 0 Å². The predicted molar refractivity (Wildman–Crippen MR) is 111 cm³/mol. The van der Waals surface area contributed by atoms with E-state index in [9.17, 15) is 0 Å². The Balaban J connectivity index is 1.70. The van der Waals surface area contributed by atoms with Gasteiger partial charge in [-0.1, -0.05) is 6.92 Å². The van der Waals surface area contributed by atoms with E-state index in [-0.39, 0.29) is 0 Å². The van der Waals surface area contributed by atoms with E-state index in [2.05, 4.69) is 34.3 Å². The Hall–Kier alpha value is -0.890. The molecule has 158 valence electrons. The number of likely N-dealkylation sites (tertiary alicyclic amines) is 1. The number of aliphatic imine (C=N–C) groups is 1. The summed E-state index contributed by atoms with van der Waals surface area (Å²) in [6.07, 6.45) is 3.49. The third-order valence-electron chi connectivity index (χ3n) is 5.33. The van der Waals surface area contributed by atoms with Crippen LogP contribution in [-0.4, -0.2) is 101 Å². The molecule has 2 aliphatic heterocycles. The number of hydrogen-bond donors (Lipinski definition) is 2. The highest BCUT2D eigenvalue weighted by atomic mass is 16.5. The SMILES string of the molecule is CCNC(=NCC(C)CN1CCOCC1)NC1CCN(CCCOC)CC1. The van der Waals surface area contributed by atoms with E-state index in [0.717, 1.165) is 84.6 Å². The van der Waals surface area contributed by atoms with Gasteiger partial charge < -0.3 is 25.0 Å². The van der Waals surface area contributed by atoms with Crippen LogP contribution >= 0.6 is 0 Å². The molecule has 0 aromatic rings. The van der Waals surface area contributed by atoms with Crippen LogP contribution < -0.4 is 10.6 Å². The van der Waals surface area contributed by atoms with Gasteiger partial charge in [-0.05, 0) is 32.1 Å². The highest BCUT2D eigenvalue weighted by Crippen LogP contribution is 2.11. The fourth-order valence-corrected chi connectivity index (χ4v) is 3.78. The molecule has 0 saturated carbocycles. The number of guanidine groups is 1. The molecule has 0 bridgehead atoms. The van der Waals surface area contributed by atoms with Gasteiger partial charge in [0.25, 0.3) is 0 Å². The van der Waals surface area contributed by atoms with Gasteiger partial charge in [0.1, 0.15) is 0 Å². The minimum absolute atomic E-state index is 0.524. The van der Waals surface area contributed by atoms with Crippen molar-refractivity contribution < 1.29 is 9.47 Å². The smallest absolute Gasteiger partial charge is 0.191 e. The molecule has 2 rings (SSSR count). The van der Waals surface area contributed by atoms with E-state index in [1.54, 1.807) is 7.11 Å². The third kappa shape index (κ3) is 9.23. The summed E-state index contributed by atoms with van der Waals surface area (Å²) in [7, 11) is 1.78. The molecule has 7 nitrogen and oxygen atoms in total. The number of rotatable bonds is 10. The van der Waals surface area contributed by atoms with Crippen LogP contribution in [-0.2, 0) is 9.47 Å². The largest absolute Gasteiger partial charge is 0.385 e. The number of ether oxygens (including phenoxy) is 2. The van der Waals surface area contributed by atoms with Gasteiger partial charge >= 0.3 is 0 Å². The zero-order valence-electron chi connectivity index (χ0n) is 17.7. The first kappa shape index (κ1) is 22.4. The Morgan fingerprint density at radius 2 is 1.93 bits per heavy atom. The van der Waals surface area contributed by atoms with Crippen molar-refractivity contribution in [1.82, 2.24) is 20.4 Å². The molecule has 2 fully saturated rings. The minimum Gasteiger partial charge on any atom is -0.385 e. The first-order chi connectivity index (χ1) is 13.2. The summed E-state index contributed by atoms with van der Waals surface area (Å²) < 4.78 is 10.6. The zero-order chi connectivity index (χ0) is 19.3. The summed E-state index contributed by atoms with van der Waals surface area (Å²) in [5.41, 5.74) is 0. The highest BCUT2D eigenvalue weighted by Gasteiger charge is 2.20. The van der Waals surface area contributed by atoms with Crippen LogP contribution in [0.1, 0.15) is 33.1 Å². The first-order valence-corrected chi connectivity index (χ1v) is 10.8. The summed E-state index contributed by atoms with van der Waals surface area (Å²) >= 11 is 0. The summed E-state index contributed by atoms with van der Waals surface area (Å²) in [6.45, 7) is 15.5. The second-order valence-corrected chi connectivity index (χ2v) is 7.84. The fraction of sp³-hybridized carbons (Fsp3) is 0.950. The topological polar surface area (TPSA) is 61.4 Å². The maximum absolute atomic E-state index is 5.43. The number of hydrogen-bond acceptors (Lipinski definition) is 5. The monoisotopic (exact) mass is 383 g/mol. The van der Waals surface area contributed by atoms with E-state index in [1.165, 1.54) is 12.8 Å². The number of methoxy groups -OCH3 is 1. The van der Waals surface area contributed by atoms with Gasteiger partial charge in [0.05, 0.1) is 13.2 Å². The molecule has 0 aromatic carbocycles. The summed E-state index contributed by atoms with van der Waals surface area (Å²) in [6, 6.07) is 0.524. The molecule has 0 aliphatic carbocycles. The van der Waals surface area contributed by atoms with E-state index in [0.29, 0.717) is 12.0 Å². The number of morpholine rings is 1. The van der Waals surface area contributed by atoms with Crippen molar-refractivity contribution in [2.75, 3.05) is 79.3 Å². The van der Waals surface area contributed by atoms with Crippen molar-refractivity contribution in [3.8, 4) is 0 Å². The average molecular weight is 384 g/mol. The Labute approximate surface area is 165 Å². The molecule has 1 unspecified atom stereocenters. The van der Waals surface area contributed by atoms with Gasteiger partial charge in [0.2, 0.25) is 0 Å². The zero-order valence-corrected chi connectivity index (χ0v) is 17.7. The van der Waals surface area contributed by atoms with Gasteiger partial charge in [0.15, 0.2) is 5.96 Å². The maximum Gasteiger partial charge on any atom is 0.191 e. The van der Waals surface area contributed by atoms with Crippen molar-refractivity contribution in [2.24, 2.45) is 10.9 Å². The molecule has 1 atom stereocenters. The van der Waals surface area contributed by atoms with Crippen molar-refractivity contribution >= 4 is 5.96 Å². The molecule has 2 aliphatic rings. The Bertz CT molecular complexity index is 407. The lowest BCUT2D eigenvalue weighted by Gasteiger charge is -2.33. The molecule has 0 spiro atoms. The van der Waals surface area contributed by atoms with Crippen molar-refractivity contribution in [2.45, 2.75) is 39.2 Å². The van der Waals surface area contributed by atoms with Gasteiger partial charge in [-0.25, -0.2) is 0 Å². The molecule has 2 N–H and O–H groups in total. The lowest BCUT2D eigenvalue weighted by Crippen LogP contribution is -2.49. The van der Waals surface area contributed by atoms with Gasteiger partial charge in [-0.3, -0.25) is 9.89 Å². The standard InChI is InChI=1S/C20H41N5O2/c1-4-21-20(22-16-18(2)17-25-11-14-27-15-12-25)23-19-6-9-24(10-7-19)8-5-13-26-3/h18-19H,4-17H2,1-3H3,(H2,21,22,23). The van der Waals surface area contributed by atoms with Crippen LogP contribution in [0.5, 0.6) is 0 Å². The quantitative estimate of drug-likeness (QED) is 0.334. The number of piperidine rings is 1. The van der Waals surface area contributed by atoms with Crippen LogP contribution in [0.4, 0.5) is 0 Å². The molecule has 0 radical (unpaired) electrons. The van der Waals surface area contributed by atoms with Crippen molar-refractivity contribution in [3.05, 3.63) is 0 Å². The molecular weight excluding hydrogens is 342 g/mol. The van der Waals surface area contributed by atoms with Gasteiger partial charge in [0, 0.05) is 72.1 Å². The Kier molecular flexibility index (Phi) is 11.0. The fourth-order valence-electron chi connectivity index (χ4n) is 3.78. The highest BCUT2D eigenvalue weighted by molar-refractivity contribution is 5.80. The number of nitrogens with one attached hydrogen (secondary N) is 2. The van der Waals surface area contributed by atoms with Gasteiger partial charge in [-0.2, -0.15) is 0 Å².